The second-order valence-corrected chi connectivity index (χ2v) is 6.23. The molecular weight excluding hydrogens is 317 g/mol. The summed E-state index contributed by atoms with van der Waals surface area (Å²) in [6.45, 7) is 9.79. The largest absolute Gasteiger partial charge is 0.304 e. The van der Waals surface area contributed by atoms with Crippen molar-refractivity contribution in [3.63, 3.8) is 0 Å². The molecule has 0 unspecified atom stereocenters. The third kappa shape index (κ3) is 4.25. The summed E-state index contributed by atoms with van der Waals surface area (Å²) >= 11 is 12.1. The summed E-state index contributed by atoms with van der Waals surface area (Å²) in [4.78, 5) is 2.43. The monoisotopic (exact) mass is 339 g/mol. The molecule has 0 fully saturated rings. The first-order valence-electron chi connectivity index (χ1n) is 7.78. The molecule has 0 amide bonds. The van der Waals surface area contributed by atoms with Gasteiger partial charge < -0.3 is 4.90 Å². The lowest BCUT2D eigenvalue weighted by Gasteiger charge is -2.17. The van der Waals surface area contributed by atoms with E-state index in [-0.39, 0.29) is 0 Å². The maximum absolute atomic E-state index is 6.09. The lowest BCUT2D eigenvalue weighted by Crippen LogP contribution is -2.24. The van der Waals surface area contributed by atoms with Crippen molar-refractivity contribution in [2.75, 3.05) is 19.6 Å². The van der Waals surface area contributed by atoms with Gasteiger partial charge in [-0.3, -0.25) is 0 Å². The van der Waals surface area contributed by atoms with Gasteiger partial charge in [-0.25, -0.2) is 4.68 Å². The van der Waals surface area contributed by atoms with E-state index in [0.29, 0.717) is 10.0 Å². The van der Waals surface area contributed by atoms with Crippen LogP contribution in [0.15, 0.2) is 24.3 Å². The van der Waals surface area contributed by atoms with Gasteiger partial charge in [0.05, 0.1) is 21.4 Å². The number of halogens is 2. The number of rotatable bonds is 7. The van der Waals surface area contributed by atoms with Gasteiger partial charge in [-0.15, -0.1) is 0 Å². The molecule has 0 aliphatic carbocycles. The molecule has 0 spiro atoms. The minimum atomic E-state index is 0.553. The number of aryl methyl sites for hydroxylation is 2. The molecule has 2 rings (SSSR count). The Kier molecular flexibility index (Phi) is 6.30. The predicted molar refractivity (Wildman–Crippen MR) is 94.4 cm³/mol. The number of hydrogen-bond donors (Lipinski definition) is 0. The molecule has 0 atom stereocenters. The zero-order chi connectivity index (χ0) is 16.1. The minimum Gasteiger partial charge on any atom is -0.304 e. The fourth-order valence-electron chi connectivity index (χ4n) is 2.56. The summed E-state index contributed by atoms with van der Waals surface area (Å²) in [5.74, 6) is 0. The quantitative estimate of drug-likeness (QED) is 0.724. The molecule has 120 valence electrons. The molecule has 0 bridgehead atoms. The average molecular weight is 340 g/mol. The van der Waals surface area contributed by atoms with E-state index >= 15 is 0 Å². The second-order valence-electron chi connectivity index (χ2n) is 5.42. The summed E-state index contributed by atoms with van der Waals surface area (Å²) < 4.78 is 1.93. The lowest BCUT2D eigenvalue weighted by atomic mass is 10.2. The van der Waals surface area contributed by atoms with Gasteiger partial charge in [-0.05, 0) is 63.7 Å². The van der Waals surface area contributed by atoms with Crippen molar-refractivity contribution in [1.82, 2.24) is 14.7 Å². The molecule has 0 saturated heterocycles. The molecule has 1 aromatic carbocycles. The Morgan fingerprint density at radius 1 is 1.09 bits per heavy atom. The van der Waals surface area contributed by atoms with E-state index in [2.05, 4.69) is 31.7 Å². The smallest absolute Gasteiger partial charge is 0.0664 e. The van der Waals surface area contributed by atoms with Crippen molar-refractivity contribution in [2.45, 2.75) is 33.6 Å². The van der Waals surface area contributed by atoms with Crippen molar-refractivity contribution in [1.29, 1.82) is 0 Å². The van der Waals surface area contributed by atoms with Crippen LogP contribution < -0.4 is 0 Å². The van der Waals surface area contributed by atoms with Crippen LogP contribution >= 0.6 is 23.2 Å². The van der Waals surface area contributed by atoms with Crippen molar-refractivity contribution in [3.8, 4) is 5.69 Å². The highest BCUT2D eigenvalue weighted by molar-refractivity contribution is 6.42. The predicted octanol–water partition coefficient (Wildman–Crippen LogP) is 4.76. The van der Waals surface area contributed by atoms with Crippen molar-refractivity contribution in [2.24, 2.45) is 0 Å². The Balaban J connectivity index is 2.06. The topological polar surface area (TPSA) is 21.1 Å². The third-order valence-electron chi connectivity index (χ3n) is 3.89. The fraction of sp³-hybridized carbons (Fsp3) is 0.471. The first-order valence-corrected chi connectivity index (χ1v) is 8.54. The first kappa shape index (κ1) is 17.3. The Morgan fingerprint density at radius 2 is 1.82 bits per heavy atom. The van der Waals surface area contributed by atoms with Gasteiger partial charge in [-0.2, -0.15) is 5.10 Å². The number of hydrogen-bond acceptors (Lipinski definition) is 2. The van der Waals surface area contributed by atoms with Crippen molar-refractivity contribution < 1.29 is 0 Å². The standard InChI is InChI=1S/C17H23Cl2N3/c1-4-21(5-2)10-6-7-14-11-13(3)22(20-14)15-8-9-16(18)17(19)12-15/h8-9,11-12H,4-7,10H2,1-3H3. The van der Waals surface area contributed by atoms with Crippen LogP contribution in [0.3, 0.4) is 0 Å². The third-order valence-corrected chi connectivity index (χ3v) is 4.63. The Hall–Kier alpha value is -1.03. The van der Waals surface area contributed by atoms with Gasteiger partial charge in [0.15, 0.2) is 0 Å². The van der Waals surface area contributed by atoms with Gasteiger partial charge in [0.2, 0.25) is 0 Å². The van der Waals surface area contributed by atoms with Crippen LogP contribution in [0.2, 0.25) is 10.0 Å². The molecule has 0 N–H and O–H groups in total. The van der Waals surface area contributed by atoms with Crippen LogP contribution in [-0.2, 0) is 6.42 Å². The SMILES string of the molecule is CCN(CC)CCCc1cc(C)n(-c2ccc(Cl)c(Cl)c2)n1. The van der Waals surface area contributed by atoms with Crippen LogP contribution in [0, 0.1) is 6.92 Å². The minimum absolute atomic E-state index is 0.553. The van der Waals surface area contributed by atoms with Crippen LogP contribution in [0.1, 0.15) is 31.7 Å². The van der Waals surface area contributed by atoms with Gasteiger partial charge in [0, 0.05) is 5.69 Å². The van der Waals surface area contributed by atoms with E-state index in [9.17, 15) is 0 Å². The highest BCUT2D eigenvalue weighted by Crippen LogP contribution is 2.25. The summed E-state index contributed by atoms with van der Waals surface area (Å²) in [7, 11) is 0. The second kappa shape index (κ2) is 8.00. The first-order chi connectivity index (χ1) is 10.5. The summed E-state index contributed by atoms with van der Waals surface area (Å²) in [5, 5.41) is 5.81. The van der Waals surface area contributed by atoms with E-state index in [4.69, 9.17) is 28.3 Å². The summed E-state index contributed by atoms with van der Waals surface area (Å²) in [5.41, 5.74) is 3.17. The maximum atomic E-state index is 6.09. The molecule has 3 nitrogen and oxygen atoms in total. The molecule has 0 aliphatic rings. The molecule has 1 aromatic heterocycles. The van der Waals surface area contributed by atoms with Crippen molar-refractivity contribution >= 4 is 23.2 Å². The highest BCUT2D eigenvalue weighted by atomic mass is 35.5. The Bertz CT molecular complexity index is 618. The van der Waals surface area contributed by atoms with Crippen LogP contribution in [0.4, 0.5) is 0 Å². The zero-order valence-corrected chi connectivity index (χ0v) is 15.0. The Morgan fingerprint density at radius 3 is 2.45 bits per heavy atom. The lowest BCUT2D eigenvalue weighted by molar-refractivity contribution is 0.299. The Labute approximate surface area is 142 Å². The molecule has 1 heterocycles. The molecule has 0 aliphatic heterocycles. The van der Waals surface area contributed by atoms with Gasteiger partial charge in [0.25, 0.3) is 0 Å². The fourth-order valence-corrected chi connectivity index (χ4v) is 2.85. The number of benzene rings is 1. The van der Waals surface area contributed by atoms with Crippen LogP contribution in [0.25, 0.3) is 5.69 Å². The van der Waals surface area contributed by atoms with Crippen molar-refractivity contribution in [3.05, 3.63) is 45.7 Å². The molecular formula is C17H23Cl2N3. The molecule has 5 heteroatoms. The van der Waals surface area contributed by atoms with Gasteiger partial charge in [-0.1, -0.05) is 37.0 Å². The van der Waals surface area contributed by atoms with E-state index in [1.807, 2.05) is 16.8 Å². The van der Waals surface area contributed by atoms with E-state index in [1.54, 1.807) is 6.07 Å². The molecule has 0 saturated carbocycles. The normalized spacial score (nSPS) is 11.4. The van der Waals surface area contributed by atoms with E-state index in [0.717, 1.165) is 49.6 Å². The average Bonchev–Trinajstić information content (AvgIpc) is 2.87. The van der Waals surface area contributed by atoms with Crippen LogP contribution in [0.5, 0.6) is 0 Å². The summed E-state index contributed by atoms with van der Waals surface area (Å²) in [6.07, 6.45) is 2.12. The van der Waals surface area contributed by atoms with E-state index in [1.165, 1.54) is 0 Å². The van der Waals surface area contributed by atoms with Gasteiger partial charge >= 0.3 is 0 Å². The number of aromatic nitrogens is 2. The van der Waals surface area contributed by atoms with Gasteiger partial charge in [0.1, 0.15) is 0 Å². The van der Waals surface area contributed by atoms with Crippen LogP contribution in [-0.4, -0.2) is 34.3 Å². The number of nitrogens with zero attached hydrogens (tertiary/aromatic N) is 3. The zero-order valence-electron chi connectivity index (χ0n) is 13.4. The molecule has 2 aromatic rings. The highest BCUT2D eigenvalue weighted by Gasteiger charge is 2.08. The molecule has 22 heavy (non-hydrogen) atoms. The van der Waals surface area contributed by atoms with E-state index < -0.39 is 0 Å². The molecule has 0 radical (unpaired) electrons. The summed E-state index contributed by atoms with van der Waals surface area (Å²) in [6, 6.07) is 7.74. The maximum Gasteiger partial charge on any atom is 0.0664 e.